The van der Waals surface area contributed by atoms with E-state index in [2.05, 4.69) is 15.0 Å². The summed E-state index contributed by atoms with van der Waals surface area (Å²) < 4.78 is 131. The Morgan fingerprint density at radius 2 is 0.958 bits per heavy atom. The zero-order valence-electron chi connectivity index (χ0n) is 52.1. The number of hydrogen-bond acceptors (Lipinski definition) is 4. The third-order valence-electron chi connectivity index (χ3n) is 12.7. The molecule has 0 unspecified atom stereocenters. The van der Waals surface area contributed by atoms with Crippen molar-refractivity contribution in [2.45, 2.75) is 39.2 Å². The Hall–Kier alpha value is -8.80. The van der Waals surface area contributed by atoms with Gasteiger partial charge in [0, 0.05) is 59.7 Å². The zero-order valence-corrected chi connectivity index (χ0v) is 38.1. The van der Waals surface area contributed by atoms with Gasteiger partial charge in [0.2, 0.25) is 0 Å². The summed E-state index contributed by atoms with van der Waals surface area (Å²) in [5.74, 6) is -0.483. The lowest BCUT2D eigenvalue weighted by Gasteiger charge is -2.17. The fraction of sp³-hybridized carbons (Fsp3) is 0.0909. The maximum atomic E-state index is 9.75. The van der Waals surface area contributed by atoms with Gasteiger partial charge < -0.3 is 0 Å². The van der Waals surface area contributed by atoms with Crippen molar-refractivity contribution in [2.24, 2.45) is 0 Å². The largest absolute Gasteiger partial charge is 0.295 e. The van der Waals surface area contributed by atoms with Crippen LogP contribution in [0.5, 0.6) is 0 Å². The van der Waals surface area contributed by atoms with Crippen molar-refractivity contribution in [3.8, 4) is 67.0 Å². The molecule has 12 rings (SSSR count). The minimum Gasteiger partial charge on any atom is -0.295 e. The van der Waals surface area contributed by atoms with E-state index in [1.54, 1.807) is 116 Å². The number of aromatic nitrogens is 5. The van der Waals surface area contributed by atoms with Crippen LogP contribution >= 0.6 is 0 Å². The Balaban J connectivity index is 1.05. The standard InChI is InChI=1S/C66H51N5/c1-44-66-64-59(52-32-30-51(31-33-52)50-12-4-3-5-13-50)36-39-69-65(64)60-35-34-55(43-63(60)71(66)45(2)70-44)57-14-6-7-15-58(57)56-41-48(20-18-46-22-26-53(27-23-46)61-16-8-10-37-67-61)40-49(42-56)21-19-47-24-28-54(29-25-47)62-17-9-11-38-68-62/h3-17,22-43H,18-21H2,1-2H3/i1D3,2D3,18D2,19D2,20D2,21D2. The molecule has 0 saturated heterocycles. The molecule has 340 valence electrons. The molecule has 7 aromatic carbocycles. The molecule has 0 amide bonds. The minimum atomic E-state index is -2.92. The van der Waals surface area contributed by atoms with E-state index < -0.39 is 50.7 Å². The Kier molecular flexibility index (Phi) is 8.18. The number of benzene rings is 7. The molecule has 12 aromatic rings. The summed E-state index contributed by atoms with van der Waals surface area (Å²) in [7, 11) is 0. The van der Waals surface area contributed by atoms with Crippen molar-refractivity contribution in [3.63, 3.8) is 0 Å². The lowest BCUT2D eigenvalue weighted by Crippen LogP contribution is -1.98. The summed E-state index contributed by atoms with van der Waals surface area (Å²) in [6.45, 7) is -5.81. The van der Waals surface area contributed by atoms with Gasteiger partial charge in [0.15, 0.2) is 0 Å². The smallest absolute Gasteiger partial charge is 0.110 e. The molecular weight excluding hydrogens is 863 g/mol. The predicted molar refractivity (Wildman–Crippen MR) is 293 cm³/mol. The Morgan fingerprint density at radius 1 is 0.408 bits per heavy atom. The van der Waals surface area contributed by atoms with Crippen molar-refractivity contribution in [1.29, 1.82) is 0 Å². The summed E-state index contributed by atoms with van der Waals surface area (Å²) in [4.78, 5) is 18.1. The van der Waals surface area contributed by atoms with Crippen LogP contribution in [0.15, 0.2) is 225 Å². The number of rotatable bonds is 12. The molecule has 0 aliphatic heterocycles. The van der Waals surface area contributed by atoms with Crippen molar-refractivity contribution in [1.82, 2.24) is 24.3 Å². The molecular formula is C66H51N5. The van der Waals surface area contributed by atoms with E-state index in [0.717, 1.165) is 16.7 Å². The quantitative estimate of drug-likeness (QED) is 0.115. The second kappa shape index (κ2) is 18.9. The number of fused-ring (bicyclic) bond motifs is 6. The van der Waals surface area contributed by atoms with Gasteiger partial charge in [-0.15, -0.1) is 0 Å². The van der Waals surface area contributed by atoms with E-state index in [-0.39, 0.29) is 38.9 Å². The molecule has 0 radical (unpaired) electrons. The van der Waals surface area contributed by atoms with Crippen LogP contribution in [-0.2, 0) is 25.5 Å². The topological polar surface area (TPSA) is 56.0 Å². The monoisotopic (exact) mass is 928 g/mol. The summed E-state index contributed by atoms with van der Waals surface area (Å²) in [5.41, 5.74) is 7.17. The van der Waals surface area contributed by atoms with Gasteiger partial charge in [-0.2, -0.15) is 0 Å². The van der Waals surface area contributed by atoms with E-state index in [1.165, 1.54) is 46.9 Å². The number of nitrogens with zero attached hydrogens (tertiary/aromatic N) is 5. The summed E-state index contributed by atoms with van der Waals surface area (Å²) in [5, 5.41) is 0.855. The first-order valence-corrected chi connectivity index (χ1v) is 23.2. The Morgan fingerprint density at radius 3 is 1.56 bits per heavy atom. The molecule has 0 N–H and O–H groups in total. The van der Waals surface area contributed by atoms with E-state index in [9.17, 15) is 11.0 Å². The molecule has 0 bridgehead atoms. The maximum absolute atomic E-state index is 9.75. The molecule has 0 atom stereocenters. The highest BCUT2D eigenvalue weighted by atomic mass is 15.0. The minimum absolute atomic E-state index is 0.00831. The van der Waals surface area contributed by atoms with Crippen molar-refractivity contribution < 1.29 is 19.2 Å². The molecule has 0 saturated carbocycles. The van der Waals surface area contributed by atoms with Crippen LogP contribution in [0.25, 0.3) is 94.3 Å². The van der Waals surface area contributed by atoms with Crippen LogP contribution < -0.4 is 0 Å². The second-order valence-corrected chi connectivity index (χ2v) is 17.2. The first-order valence-electron chi connectivity index (χ1n) is 30.2. The molecule has 0 spiro atoms. The van der Waals surface area contributed by atoms with Crippen LogP contribution in [-0.4, -0.2) is 24.3 Å². The highest BCUT2D eigenvalue weighted by molar-refractivity contribution is 6.17. The van der Waals surface area contributed by atoms with E-state index in [4.69, 9.17) is 13.2 Å². The number of aryl methyl sites for hydroxylation is 6. The average molecular weight is 928 g/mol. The summed E-state index contributed by atoms with van der Waals surface area (Å²) in [6.07, 6.45) is -6.42. The van der Waals surface area contributed by atoms with E-state index in [0.29, 0.717) is 61.1 Å². The second-order valence-electron chi connectivity index (χ2n) is 17.2. The van der Waals surface area contributed by atoms with Crippen molar-refractivity contribution in [2.75, 3.05) is 0 Å². The SMILES string of the molecule is [2H]C([2H])([2H])c1nc(C([2H])([2H])[2H])n2c3cc(-c4ccccc4-c4cc(C([2H])([2H])C([2H])([2H])c5ccc(-c6ccccn6)cc5)cc(C([2H])([2H])C([2H])([2H])c5ccc(-c6ccccn6)cc5)c4)ccc3c3nccc(-c4ccc(-c5ccccc5)cc4)c3c12. The van der Waals surface area contributed by atoms with Crippen molar-refractivity contribution >= 4 is 27.3 Å². The maximum Gasteiger partial charge on any atom is 0.110 e. The van der Waals surface area contributed by atoms with Gasteiger partial charge in [0.05, 0.1) is 33.6 Å². The number of hydrogen-bond donors (Lipinski definition) is 0. The highest BCUT2D eigenvalue weighted by Crippen LogP contribution is 2.41. The van der Waals surface area contributed by atoms with Crippen LogP contribution in [0.1, 0.15) is 53.0 Å². The first kappa shape index (κ1) is 30.6. The molecule has 0 aliphatic rings. The molecule has 5 heterocycles. The van der Waals surface area contributed by atoms with Gasteiger partial charge in [-0.1, -0.05) is 170 Å². The lowest BCUT2D eigenvalue weighted by molar-refractivity contribution is 0.931. The Bertz CT molecular complexity index is 4350. The van der Waals surface area contributed by atoms with E-state index in [1.807, 2.05) is 66.7 Å². The third kappa shape index (κ3) is 8.68. The lowest BCUT2D eigenvalue weighted by atomic mass is 9.89. The van der Waals surface area contributed by atoms with Crippen LogP contribution in [0.3, 0.4) is 0 Å². The first-order chi connectivity index (χ1) is 40.4. The fourth-order valence-electron chi connectivity index (χ4n) is 9.31. The van der Waals surface area contributed by atoms with Gasteiger partial charge in [-0.3, -0.25) is 19.4 Å². The third-order valence-corrected chi connectivity index (χ3v) is 12.7. The average Bonchev–Trinajstić information content (AvgIpc) is 1.70. The summed E-state index contributed by atoms with van der Waals surface area (Å²) >= 11 is 0. The molecule has 5 nitrogen and oxygen atoms in total. The molecule has 0 aliphatic carbocycles. The molecule has 5 heteroatoms. The van der Waals surface area contributed by atoms with Gasteiger partial charge in [-0.25, -0.2) is 4.98 Å². The fourth-order valence-corrected chi connectivity index (χ4v) is 9.31. The van der Waals surface area contributed by atoms with Gasteiger partial charge >= 0.3 is 0 Å². The molecule has 0 fully saturated rings. The molecule has 71 heavy (non-hydrogen) atoms. The van der Waals surface area contributed by atoms with Gasteiger partial charge in [-0.05, 0) is 142 Å². The van der Waals surface area contributed by atoms with Crippen LogP contribution in [0.4, 0.5) is 0 Å². The van der Waals surface area contributed by atoms with Crippen molar-refractivity contribution in [3.05, 3.63) is 259 Å². The van der Waals surface area contributed by atoms with Crippen LogP contribution in [0.2, 0.25) is 0 Å². The highest BCUT2D eigenvalue weighted by Gasteiger charge is 2.20. The van der Waals surface area contributed by atoms with Crippen LogP contribution in [0, 0.1) is 13.7 Å². The van der Waals surface area contributed by atoms with E-state index >= 15 is 0 Å². The number of imidazole rings is 1. The normalized spacial score (nSPS) is 15.5. The zero-order chi connectivity index (χ0) is 59.8. The summed E-state index contributed by atoms with van der Waals surface area (Å²) in [6, 6.07) is 59.2. The van der Waals surface area contributed by atoms with Gasteiger partial charge in [0.25, 0.3) is 0 Å². The van der Waals surface area contributed by atoms with Gasteiger partial charge in [0.1, 0.15) is 5.82 Å². The predicted octanol–water partition coefficient (Wildman–Crippen LogP) is 16.0. The Labute approximate surface area is 434 Å². The number of pyridine rings is 4. The molecule has 5 aromatic heterocycles.